The summed E-state index contributed by atoms with van der Waals surface area (Å²) in [5.74, 6) is -1.98. The highest BCUT2D eigenvalue weighted by molar-refractivity contribution is 5.89. The van der Waals surface area contributed by atoms with E-state index in [1.165, 1.54) is 0 Å². The molecular formula is C25H26N4O5. The molecule has 9 heteroatoms. The number of alkyl carbamates (subject to hydrolysis) is 1. The van der Waals surface area contributed by atoms with E-state index in [4.69, 9.17) is 4.74 Å². The van der Waals surface area contributed by atoms with E-state index < -0.39 is 30.4 Å². The van der Waals surface area contributed by atoms with Gasteiger partial charge in [0.05, 0.1) is 25.0 Å². The molecule has 0 spiro atoms. The van der Waals surface area contributed by atoms with Crippen LogP contribution in [0.4, 0.5) is 4.79 Å². The lowest BCUT2D eigenvalue weighted by Crippen LogP contribution is -2.48. The van der Waals surface area contributed by atoms with Crippen LogP contribution in [0.25, 0.3) is 11.1 Å². The molecular weight excluding hydrogens is 436 g/mol. The summed E-state index contributed by atoms with van der Waals surface area (Å²) >= 11 is 0. The second kappa shape index (κ2) is 10.2. The Bertz CT molecular complexity index is 1160. The fourth-order valence-electron chi connectivity index (χ4n) is 4.14. The van der Waals surface area contributed by atoms with E-state index in [0.717, 1.165) is 28.8 Å². The number of nitrogens with zero attached hydrogens (tertiary/aromatic N) is 2. The van der Waals surface area contributed by atoms with Gasteiger partial charge < -0.3 is 25.0 Å². The van der Waals surface area contributed by atoms with E-state index in [1.54, 1.807) is 12.5 Å². The van der Waals surface area contributed by atoms with Crippen LogP contribution in [0.5, 0.6) is 0 Å². The van der Waals surface area contributed by atoms with Gasteiger partial charge in [0, 0.05) is 18.7 Å². The minimum absolute atomic E-state index is 0.0652. The van der Waals surface area contributed by atoms with Crippen molar-refractivity contribution in [2.75, 3.05) is 6.61 Å². The Labute approximate surface area is 196 Å². The average Bonchev–Trinajstić information content (AvgIpc) is 3.43. The Kier molecular flexibility index (Phi) is 6.91. The normalized spacial score (nSPS) is 13.0. The van der Waals surface area contributed by atoms with Crippen molar-refractivity contribution < 1.29 is 24.2 Å². The molecule has 3 N–H and O–H groups in total. The first-order chi connectivity index (χ1) is 16.5. The van der Waals surface area contributed by atoms with Gasteiger partial charge in [-0.15, -0.1) is 0 Å². The topological polar surface area (TPSA) is 123 Å². The molecule has 1 atom stereocenters. The van der Waals surface area contributed by atoms with Crippen LogP contribution in [0, 0.1) is 0 Å². The van der Waals surface area contributed by atoms with Gasteiger partial charge in [0.15, 0.2) is 0 Å². The number of carbonyl (C=O) groups is 3. The molecule has 1 aromatic heterocycles. The smallest absolute Gasteiger partial charge is 0.407 e. The molecule has 0 radical (unpaired) electrons. The van der Waals surface area contributed by atoms with Crippen molar-refractivity contribution in [1.29, 1.82) is 0 Å². The number of aromatic nitrogens is 2. The summed E-state index contributed by atoms with van der Waals surface area (Å²) in [5, 5.41) is 14.2. The third-order valence-electron chi connectivity index (χ3n) is 5.83. The first-order valence-electron chi connectivity index (χ1n) is 11.1. The van der Waals surface area contributed by atoms with Crippen molar-refractivity contribution in [3.63, 3.8) is 0 Å². The lowest BCUT2D eigenvalue weighted by Gasteiger charge is -2.18. The molecule has 3 aromatic rings. The SMILES string of the molecule is CCn1cnc(CNC(=O)C(CC(=O)O)NC(=O)OCC2c3ccccc3-c3ccccc32)c1. The number of fused-ring (bicyclic) bond motifs is 3. The molecule has 9 nitrogen and oxygen atoms in total. The van der Waals surface area contributed by atoms with Crippen LogP contribution in [0.2, 0.25) is 0 Å². The highest BCUT2D eigenvalue weighted by Gasteiger charge is 2.30. The quantitative estimate of drug-likeness (QED) is 0.449. The molecule has 1 unspecified atom stereocenters. The van der Waals surface area contributed by atoms with Gasteiger partial charge in [0.2, 0.25) is 5.91 Å². The predicted molar refractivity (Wildman–Crippen MR) is 124 cm³/mol. The number of hydrogen-bond acceptors (Lipinski definition) is 5. The number of aliphatic carboxylic acids is 1. The molecule has 1 aliphatic rings. The number of carbonyl (C=O) groups excluding carboxylic acids is 2. The standard InChI is InChI=1S/C25H26N4O5/c1-2-29-13-16(27-15-29)12-26-24(32)22(11-23(30)31)28-25(33)34-14-21-19-9-5-3-7-17(19)18-8-4-6-10-20(18)21/h3-10,13,15,21-22H,2,11-12,14H2,1H3,(H,26,32)(H,28,33)(H,30,31). The monoisotopic (exact) mass is 462 g/mol. The number of aryl methyl sites for hydroxylation is 1. The molecule has 34 heavy (non-hydrogen) atoms. The summed E-state index contributed by atoms with van der Waals surface area (Å²) in [6, 6.07) is 14.6. The van der Waals surface area contributed by atoms with Gasteiger partial charge in [-0.25, -0.2) is 9.78 Å². The molecule has 2 aromatic carbocycles. The Morgan fingerprint density at radius 1 is 1.09 bits per heavy atom. The first kappa shape index (κ1) is 23.0. The summed E-state index contributed by atoms with van der Waals surface area (Å²) < 4.78 is 7.30. The van der Waals surface area contributed by atoms with Gasteiger partial charge >= 0.3 is 12.1 Å². The van der Waals surface area contributed by atoms with Crippen LogP contribution < -0.4 is 10.6 Å². The second-order valence-corrected chi connectivity index (χ2v) is 8.03. The van der Waals surface area contributed by atoms with E-state index in [9.17, 15) is 19.5 Å². The Morgan fingerprint density at radius 2 is 1.74 bits per heavy atom. The van der Waals surface area contributed by atoms with Crippen molar-refractivity contribution in [3.05, 3.63) is 77.9 Å². The van der Waals surface area contributed by atoms with Crippen LogP contribution in [0.1, 0.15) is 36.1 Å². The maximum absolute atomic E-state index is 12.6. The number of amides is 2. The van der Waals surface area contributed by atoms with E-state index >= 15 is 0 Å². The van der Waals surface area contributed by atoms with Crippen molar-refractivity contribution in [3.8, 4) is 11.1 Å². The molecule has 0 saturated carbocycles. The number of imidazole rings is 1. The summed E-state index contributed by atoms with van der Waals surface area (Å²) in [7, 11) is 0. The number of ether oxygens (including phenoxy) is 1. The highest BCUT2D eigenvalue weighted by Crippen LogP contribution is 2.44. The second-order valence-electron chi connectivity index (χ2n) is 8.03. The van der Waals surface area contributed by atoms with Gasteiger partial charge in [-0.3, -0.25) is 9.59 Å². The Hall–Kier alpha value is -4.14. The minimum Gasteiger partial charge on any atom is -0.481 e. The van der Waals surface area contributed by atoms with E-state index in [0.29, 0.717) is 5.69 Å². The zero-order valence-electron chi connectivity index (χ0n) is 18.7. The number of carboxylic acid groups (broad SMARTS) is 1. The zero-order valence-corrected chi connectivity index (χ0v) is 18.7. The van der Waals surface area contributed by atoms with Crippen LogP contribution in [0.3, 0.4) is 0 Å². The van der Waals surface area contributed by atoms with Crippen molar-refractivity contribution in [2.24, 2.45) is 0 Å². The molecule has 0 saturated heterocycles. The van der Waals surface area contributed by atoms with Gasteiger partial charge in [0.1, 0.15) is 12.6 Å². The molecule has 0 bridgehead atoms. The van der Waals surface area contributed by atoms with Crippen LogP contribution in [-0.4, -0.2) is 45.3 Å². The summed E-state index contributed by atoms with van der Waals surface area (Å²) in [6.45, 7) is 2.89. The minimum atomic E-state index is -1.28. The van der Waals surface area contributed by atoms with Crippen LogP contribution in [-0.2, 0) is 27.4 Å². The average molecular weight is 463 g/mol. The third kappa shape index (κ3) is 5.09. The number of nitrogens with one attached hydrogen (secondary N) is 2. The fraction of sp³-hybridized carbons (Fsp3) is 0.280. The number of carboxylic acids is 1. The molecule has 176 valence electrons. The van der Waals surface area contributed by atoms with E-state index in [2.05, 4.69) is 15.6 Å². The molecule has 2 amide bonds. The summed E-state index contributed by atoms with van der Waals surface area (Å²) in [6.07, 6.45) is 2.01. The molecule has 1 aliphatic carbocycles. The van der Waals surface area contributed by atoms with Crippen LogP contribution in [0.15, 0.2) is 61.1 Å². The van der Waals surface area contributed by atoms with Gasteiger partial charge in [-0.2, -0.15) is 0 Å². The Balaban J connectivity index is 1.37. The van der Waals surface area contributed by atoms with Crippen LogP contribution >= 0.6 is 0 Å². The molecule has 0 fully saturated rings. The predicted octanol–water partition coefficient (Wildman–Crippen LogP) is 2.90. The Morgan fingerprint density at radius 3 is 2.32 bits per heavy atom. The van der Waals surface area contributed by atoms with Gasteiger partial charge in [-0.1, -0.05) is 48.5 Å². The maximum atomic E-state index is 12.6. The van der Waals surface area contributed by atoms with Gasteiger partial charge in [-0.05, 0) is 29.2 Å². The highest BCUT2D eigenvalue weighted by atomic mass is 16.5. The largest absolute Gasteiger partial charge is 0.481 e. The van der Waals surface area contributed by atoms with Crippen molar-refractivity contribution in [1.82, 2.24) is 20.2 Å². The zero-order chi connectivity index (χ0) is 24.1. The molecule has 0 aliphatic heterocycles. The molecule has 4 rings (SSSR count). The van der Waals surface area contributed by atoms with E-state index in [-0.39, 0.29) is 19.1 Å². The van der Waals surface area contributed by atoms with Crippen molar-refractivity contribution in [2.45, 2.75) is 38.4 Å². The number of benzene rings is 2. The maximum Gasteiger partial charge on any atom is 0.407 e. The lowest BCUT2D eigenvalue weighted by molar-refractivity contribution is -0.139. The summed E-state index contributed by atoms with van der Waals surface area (Å²) in [4.78, 5) is 40.5. The van der Waals surface area contributed by atoms with Crippen molar-refractivity contribution >= 4 is 18.0 Å². The first-order valence-corrected chi connectivity index (χ1v) is 11.1. The van der Waals surface area contributed by atoms with Gasteiger partial charge in [0.25, 0.3) is 0 Å². The number of hydrogen-bond donors (Lipinski definition) is 3. The lowest BCUT2D eigenvalue weighted by atomic mass is 9.98. The third-order valence-corrected chi connectivity index (χ3v) is 5.83. The fourth-order valence-corrected chi connectivity index (χ4v) is 4.14. The molecule has 1 heterocycles. The van der Waals surface area contributed by atoms with E-state index in [1.807, 2.05) is 60.0 Å². The number of rotatable bonds is 9. The summed E-state index contributed by atoms with van der Waals surface area (Å²) in [5.41, 5.74) is 4.94.